The Labute approximate surface area is 143 Å². The number of nitro groups is 1. The number of allylic oxidation sites excluding steroid dienone is 3. The lowest BCUT2D eigenvalue weighted by atomic mass is 9.84. The molecule has 0 saturated heterocycles. The van der Waals surface area contributed by atoms with Gasteiger partial charge in [-0.25, -0.2) is 4.39 Å². The molecule has 128 valence electrons. The molecule has 1 aliphatic heterocycles. The number of hydrogen-bond donors (Lipinski definition) is 2. The molecule has 1 heterocycles. The first-order valence-electron chi connectivity index (χ1n) is 7.23. The van der Waals surface area contributed by atoms with Crippen LogP contribution in [0.2, 0.25) is 0 Å². The smallest absolute Gasteiger partial charge is 0.277 e. The number of aliphatic hydroxyl groups is 1. The van der Waals surface area contributed by atoms with Gasteiger partial charge in [0.25, 0.3) is 5.70 Å². The van der Waals surface area contributed by atoms with E-state index in [0.29, 0.717) is 17.0 Å². The van der Waals surface area contributed by atoms with Crippen LogP contribution in [0.25, 0.3) is 0 Å². The van der Waals surface area contributed by atoms with Crippen molar-refractivity contribution in [3.63, 3.8) is 0 Å². The SMILES string of the molecule is CC1=C(C(=S)OCCO)C(c2ccccc2F)C([N+](=O)[O-])=C(C)N1. The lowest BCUT2D eigenvalue weighted by Gasteiger charge is -2.28. The van der Waals surface area contributed by atoms with E-state index >= 15 is 0 Å². The van der Waals surface area contributed by atoms with Gasteiger partial charge in [-0.05, 0) is 32.1 Å². The number of rotatable bonds is 5. The number of thiocarbonyl (C=S) groups is 1. The Balaban J connectivity index is 2.62. The molecule has 6 nitrogen and oxygen atoms in total. The van der Waals surface area contributed by atoms with E-state index in [1.165, 1.54) is 18.2 Å². The normalized spacial score (nSPS) is 17.6. The number of ether oxygens (including phenoxy) is 1. The van der Waals surface area contributed by atoms with Gasteiger partial charge in [0.05, 0.1) is 17.2 Å². The predicted octanol–water partition coefficient (Wildman–Crippen LogP) is 2.63. The molecule has 0 fully saturated rings. The van der Waals surface area contributed by atoms with Gasteiger partial charge in [-0.3, -0.25) is 10.1 Å². The molecule has 0 saturated carbocycles. The van der Waals surface area contributed by atoms with E-state index in [0.717, 1.165) is 0 Å². The summed E-state index contributed by atoms with van der Waals surface area (Å²) in [6, 6.07) is 5.86. The van der Waals surface area contributed by atoms with E-state index in [1.54, 1.807) is 19.9 Å². The van der Waals surface area contributed by atoms with Crippen LogP contribution in [0.5, 0.6) is 0 Å². The molecule has 0 radical (unpaired) electrons. The highest BCUT2D eigenvalue weighted by Gasteiger charge is 2.40. The van der Waals surface area contributed by atoms with E-state index in [4.69, 9.17) is 22.1 Å². The highest BCUT2D eigenvalue weighted by Crippen LogP contribution is 2.40. The molecule has 0 bridgehead atoms. The van der Waals surface area contributed by atoms with Crippen LogP contribution in [0.1, 0.15) is 25.3 Å². The Hall–Kier alpha value is -2.32. The lowest BCUT2D eigenvalue weighted by molar-refractivity contribution is -0.431. The van der Waals surface area contributed by atoms with Crippen molar-refractivity contribution in [1.29, 1.82) is 0 Å². The van der Waals surface area contributed by atoms with Crippen molar-refractivity contribution in [3.05, 3.63) is 68.4 Å². The van der Waals surface area contributed by atoms with Gasteiger partial charge in [-0.2, -0.15) is 0 Å². The van der Waals surface area contributed by atoms with Crippen molar-refractivity contribution in [1.82, 2.24) is 5.32 Å². The van der Waals surface area contributed by atoms with Crippen molar-refractivity contribution in [2.24, 2.45) is 0 Å². The second-order valence-corrected chi connectivity index (χ2v) is 5.62. The number of nitrogens with zero attached hydrogens (tertiary/aromatic N) is 1. The zero-order valence-corrected chi connectivity index (χ0v) is 14.0. The summed E-state index contributed by atoms with van der Waals surface area (Å²) in [5.74, 6) is -1.56. The van der Waals surface area contributed by atoms with Gasteiger partial charge in [-0.1, -0.05) is 18.2 Å². The lowest BCUT2D eigenvalue weighted by Crippen LogP contribution is -2.31. The van der Waals surface area contributed by atoms with Gasteiger partial charge in [-0.15, -0.1) is 0 Å². The first-order valence-corrected chi connectivity index (χ1v) is 7.64. The number of halogens is 1. The van der Waals surface area contributed by atoms with Crippen molar-refractivity contribution < 1.29 is 19.2 Å². The molecule has 1 aromatic rings. The Bertz CT molecular complexity index is 745. The van der Waals surface area contributed by atoms with Crippen LogP contribution >= 0.6 is 12.2 Å². The molecule has 0 amide bonds. The van der Waals surface area contributed by atoms with Crippen LogP contribution in [0.15, 0.2) is 46.9 Å². The molecule has 1 aliphatic rings. The summed E-state index contributed by atoms with van der Waals surface area (Å²) < 4.78 is 19.6. The molecule has 2 rings (SSSR count). The van der Waals surface area contributed by atoms with Crippen molar-refractivity contribution >= 4 is 17.3 Å². The van der Waals surface area contributed by atoms with E-state index < -0.39 is 16.7 Å². The van der Waals surface area contributed by atoms with Gasteiger partial charge < -0.3 is 15.2 Å². The number of nitrogens with one attached hydrogen (secondary N) is 1. The fourth-order valence-electron chi connectivity index (χ4n) is 2.72. The van der Waals surface area contributed by atoms with E-state index in [1.807, 2.05) is 0 Å². The maximum atomic E-state index is 14.3. The summed E-state index contributed by atoms with van der Waals surface area (Å²) in [5, 5.41) is 23.4. The van der Waals surface area contributed by atoms with Crippen LogP contribution in [-0.4, -0.2) is 28.3 Å². The van der Waals surface area contributed by atoms with Crippen LogP contribution < -0.4 is 5.32 Å². The molecule has 1 atom stereocenters. The Kier molecular flexibility index (Phi) is 5.63. The Morgan fingerprint density at radius 3 is 2.67 bits per heavy atom. The second-order valence-electron chi connectivity index (χ2n) is 5.25. The molecule has 0 spiro atoms. The van der Waals surface area contributed by atoms with Gasteiger partial charge in [0.15, 0.2) is 5.05 Å². The summed E-state index contributed by atoms with van der Waals surface area (Å²) in [6.07, 6.45) is 0. The molecule has 0 aliphatic carbocycles. The summed E-state index contributed by atoms with van der Waals surface area (Å²) in [5.41, 5.74) is 1.15. The molecular formula is C16H17FN2O4S. The van der Waals surface area contributed by atoms with Gasteiger partial charge in [0.2, 0.25) is 0 Å². The monoisotopic (exact) mass is 352 g/mol. The highest BCUT2D eigenvalue weighted by atomic mass is 32.1. The van der Waals surface area contributed by atoms with E-state index in [9.17, 15) is 14.5 Å². The summed E-state index contributed by atoms with van der Waals surface area (Å²) in [4.78, 5) is 11.0. The average molecular weight is 352 g/mol. The Morgan fingerprint density at radius 2 is 2.08 bits per heavy atom. The topological polar surface area (TPSA) is 84.6 Å². The molecule has 8 heteroatoms. The standard InChI is InChI=1S/C16H17FN2O4S/c1-9-13(16(24)23-8-7-20)14(11-5-3-4-6-12(11)17)15(19(21)22)10(2)18-9/h3-6,14,18,20H,7-8H2,1-2H3. The zero-order chi connectivity index (χ0) is 17.9. The summed E-state index contributed by atoms with van der Waals surface area (Å²) >= 11 is 5.22. The minimum atomic E-state index is -0.992. The number of hydrogen-bond acceptors (Lipinski definition) is 6. The minimum Gasteiger partial charge on any atom is -0.481 e. The first kappa shape index (κ1) is 18.0. The van der Waals surface area contributed by atoms with Crippen LogP contribution in [0, 0.1) is 15.9 Å². The molecule has 1 unspecified atom stereocenters. The first-order chi connectivity index (χ1) is 11.4. The van der Waals surface area contributed by atoms with Crippen LogP contribution in [-0.2, 0) is 4.74 Å². The van der Waals surface area contributed by atoms with E-state index in [-0.39, 0.29) is 29.5 Å². The van der Waals surface area contributed by atoms with Gasteiger partial charge in [0, 0.05) is 16.8 Å². The highest BCUT2D eigenvalue weighted by molar-refractivity contribution is 7.80. The fraction of sp³-hybridized carbons (Fsp3) is 0.312. The van der Waals surface area contributed by atoms with Crippen molar-refractivity contribution in [3.8, 4) is 0 Å². The van der Waals surface area contributed by atoms with Crippen LogP contribution in [0.4, 0.5) is 4.39 Å². The molecular weight excluding hydrogens is 335 g/mol. The fourth-order valence-corrected chi connectivity index (χ4v) is 3.08. The third kappa shape index (κ3) is 3.44. The molecule has 24 heavy (non-hydrogen) atoms. The largest absolute Gasteiger partial charge is 0.481 e. The van der Waals surface area contributed by atoms with Gasteiger partial charge >= 0.3 is 0 Å². The maximum absolute atomic E-state index is 14.3. The van der Waals surface area contributed by atoms with Crippen molar-refractivity contribution in [2.45, 2.75) is 19.8 Å². The maximum Gasteiger partial charge on any atom is 0.277 e. The third-order valence-corrected chi connectivity index (χ3v) is 4.02. The number of aliphatic hydroxyl groups excluding tert-OH is 1. The Morgan fingerprint density at radius 1 is 1.42 bits per heavy atom. The molecule has 2 N–H and O–H groups in total. The molecule has 1 aromatic carbocycles. The van der Waals surface area contributed by atoms with Crippen molar-refractivity contribution in [2.75, 3.05) is 13.2 Å². The predicted molar refractivity (Wildman–Crippen MR) is 90.3 cm³/mol. The van der Waals surface area contributed by atoms with Gasteiger partial charge in [0.1, 0.15) is 18.3 Å². The zero-order valence-electron chi connectivity index (χ0n) is 13.2. The number of benzene rings is 1. The molecule has 0 aromatic heterocycles. The second kappa shape index (κ2) is 7.50. The summed E-state index contributed by atoms with van der Waals surface area (Å²) in [6.45, 7) is 2.96. The minimum absolute atomic E-state index is 0.00541. The van der Waals surface area contributed by atoms with E-state index in [2.05, 4.69) is 5.32 Å². The van der Waals surface area contributed by atoms with Crippen LogP contribution in [0.3, 0.4) is 0 Å². The average Bonchev–Trinajstić information content (AvgIpc) is 2.52. The quantitative estimate of drug-likeness (QED) is 0.481. The number of dihydropyridines is 1. The summed E-state index contributed by atoms with van der Waals surface area (Å²) in [7, 11) is 0. The third-order valence-electron chi connectivity index (χ3n) is 3.68.